The third-order valence-corrected chi connectivity index (χ3v) is 3.70. The Balaban J connectivity index is 2.00. The Morgan fingerprint density at radius 1 is 1.14 bits per heavy atom. The highest BCUT2D eigenvalue weighted by molar-refractivity contribution is 7.89. The van der Waals surface area contributed by atoms with Gasteiger partial charge < -0.3 is 5.32 Å². The van der Waals surface area contributed by atoms with Crippen LogP contribution in [0.15, 0.2) is 41.3 Å². The van der Waals surface area contributed by atoms with Gasteiger partial charge in [0.05, 0.1) is 4.90 Å². The summed E-state index contributed by atoms with van der Waals surface area (Å²) in [6, 6.07) is 8.79. The standard InChI is InChI=1S/C12H11ClN4O3S/c13-11-6-5-10(16-17-11)12(18)15-7-8-1-3-9(4-2-8)21(14,19)20/h1-6H,7H2,(H,15,18)(H2,14,19,20). The summed E-state index contributed by atoms with van der Waals surface area (Å²) in [7, 11) is -3.72. The van der Waals surface area contributed by atoms with Crippen molar-refractivity contribution in [3.63, 3.8) is 0 Å². The lowest BCUT2D eigenvalue weighted by molar-refractivity contribution is 0.0945. The number of hydrogen-bond acceptors (Lipinski definition) is 5. The Kier molecular flexibility index (Phi) is 4.51. The number of nitrogens with zero attached hydrogens (tertiary/aromatic N) is 2. The van der Waals surface area contributed by atoms with Crippen LogP contribution in [0, 0.1) is 0 Å². The van der Waals surface area contributed by atoms with Gasteiger partial charge in [0.2, 0.25) is 10.0 Å². The van der Waals surface area contributed by atoms with Gasteiger partial charge in [-0.2, -0.15) is 0 Å². The highest BCUT2D eigenvalue weighted by Crippen LogP contribution is 2.09. The lowest BCUT2D eigenvalue weighted by atomic mass is 10.2. The fourth-order valence-corrected chi connectivity index (χ4v) is 2.12. The second-order valence-corrected chi connectivity index (χ2v) is 6.06. The monoisotopic (exact) mass is 326 g/mol. The molecule has 0 saturated heterocycles. The Morgan fingerprint density at radius 3 is 2.33 bits per heavy atom. The SMILES string of the molecule is NS(=O)(=O)c1ccc(CNC(=O)c2ccc(Cl)nn2)cc1. The highest BCUT2D eigenvalue weighted by atomic mass is 35.5. The van der Waals surface area contributed by atoms with Crippen LogP contribution in [0.4, 0.5) is 0 Å². The molecule has 0 fully saturated rings. The summed E-state index contributed by atoms with van der Waals surface area (Å²) in [5, 5.41) is 15.0. The molecule has 0 bridgehead atoms. The van der Waals surface area contributed by atoms with E-state index in [0.29, 0.717) is 0 Å². The molecule has 0 spiro atoms. The van der Waals surface area contributed by atoms with Gasteiger partial charge in [-0.05, 0) is 29.8 Å². The topological polar surface area (TPSA) is 115 Å². The van der Waals surface area contributed by atoms with E-state index >= 15 is 0 Å². The first-order valence-corrected chi connectivity index (χ1v) is 7.68. The number of aromatic nitrogens is 2. The average molecular weight is 327 g/mol. The number of amides is 1. The Hall–Kier alpha value is -2.03. The van der Waals surface area contributed by atoms with E-state index in [2.05, 4.69) is 15.5 Å². The largest absolute Gasteiger partial charge is 0.347 e. The van der Waals surface area contributed by atoms with E-state index in [1.54, 1.807) is 12.1 Å². The van der Waals surface area contributed by atoms with Crippen molar-refractivity contribution in [1.29, 1.82) is 0 Å². The van der Waals surface area contributed by atoms with Gasteiger partial charge in [-0.1, -0.05) is 23.7 Å². The zero-order chi connectivity index (χ0) is 15.5. The van der Waals surface area contributed by atoms with Crippen molar-refractivity contribution in [2.75, 3.05) is 0 Å². The molecule has 0 saturated carbocycles. The van der Waals surface area contributed by atoms with Crippen molar-refractivity contribution >= 4 is 27.5 Å². The number of benzene rings is 1. The van der Waals surface area contributed by atoms with Crippen LogP contribution in [0.1, 0.15) is 16.1 Å². The predicted octanol–water partition coefficient (Wildman–Crippen LogP) is 0.707. The molecule has 0 aliphatic carbocycles. The van der Waals surface area contributed by atoms with E-state index < -0.39 is 15.9 Å². The molecule has 1 aromatic heterocycles. The quantitative estimate of drug-likeness (QED) is 0.858. The van der Waals surface area contributed by atoms with Crippen molar-refractivity contribution in [3.8, 4) is 0 Å². The molecule has 0 atom stereocenters. The normalized spacial score (nSPS) is 11.1. The zero-order valence-corrected chi connectivity index (χ0v) is 12.2. The average Bonchev–Trinajstić information content (AvgIpc) is 2.45. The molecule has 1 aromatic carbocycles. The summed E-state index contributed by atoms with van der Waals surface area (Å²) < 4.78 is 22.2. The van der Waals surface area contributed by atoms with E-state index in [4.69, 9.17) is 16.7 Å². The number of nitrogens with one attached hydrogen (secondary N) is 1. The van der Waals surface area contributed by atoms with Gasteiger partial charge in [-0.3, -0.25) is 4.79 Å². The first-order valence-electron chi connectivity index (χ1n) is 5.75. The van der Waals surface area contributed by atoms with Crippen LogP contribution < -0.4 is 10.5 Å². The minimum absolute atomic E-state index is 0.0149. The molecule has 2 rings (SSSR count). The first-order chi connectivity index (χ1) is 9.86. The van der Waals surface area contributed by atoms with Gasteiger partial charge in [-0.25, -0.2) is 13.6 Å². The molecular formula is C12H11ClN4O3S. The molecule has 1 heterocycles. The summed E-state index contributed by atoms with van der Waals surface area (Å²) in [5.41, 5.74) is 0.859. The van der Waals surface area contributed by atoms with Crippen LogP contribution in [-0.4, -0.2) is 24.5 Å². The lowest BCUT2D eigenvalue weighted by Gasteiger charge is -2.05. The minimum Gasteiger partial charge on any atom is -0.347 e. The number of nitrogens with two attached hydrogens (primary N) is 1. The molecule has 0 radical (unpaired) electrons. The van der Waals surface area contributed by atoms with Crippen LogP contribution in [0.3, 0.4) is 0 Å². The number of sulfonamides is 1. The number of rotatable bonds is 4. The van der Waals surface area contributed by atoms with Gasteiger partial charge in [0.25, 0.3) is 5.91 Å². The molecule has 21 heavy (non-hydrogen) atoms. The summed E-state index contributed by atoms with van der Waals surface area (Å²) in [6.07, 6.45) is 0. The molecule has 110 valence electrons. The Morgan fingerprint density at radius 2 is 1.81 bits per heavy atom. The second kappa shape index (κ2) is 6.17. The minimum atomic E-state index is -3.72. The van der Waals surface area contributed by atoms with Crippen LogP contribution in [0.2, 0.25) is 5.15 Å². The maximum absolute atomic E-state index is 11.8. The lowest BCUT2D eigenvalue weighted by Crippen LogP contribution is -2.24. The van der Waals surface area contributed by atoms with Crippen molar-refractivity contribution in [2.24, 2.45) is 5.14 Å². The molecule has 0 aliphatic rings. The van der Waals surface area contributed by atoms with Crippen molar-refractivity contribution in [3.05, 3.63) is 52.8 Å². The molecular weight excluding hydrogens is 316 g/mol. The van der Waals surface area contributed by atoms with Crippen molar-refractivity contribution in [1.82, 2.24) is 15.5 Å². The summed E-state index contributed by atoms with van der Waals surface area (Å²) >= 11 is 5.58. The summed E-state index contributed by atoms with van der Waals surface area (Å²) in [5.74, 6) is -0.408. The summed E-state index contributed by atoms with van der Waals surface area (Å²) in [4.78, 5) is 11.8. The predicted molar refractivity (Wildman–Crippen MR) is 76.0 cm³/mol. The van der Waals surface area contributed by atoms with Crippen molar-refractivity contribution in [2.45, 2.75) is 11.4 Å². The zero-order valence-electron chi connectivity index (χ0n) is 10.7. The number of carbonyl (C=O) groups is 1. The number of halogens is 1. The van der Waals surface area contributed by atoms with Crippen LogP contribution >= 0.6 is 11.6 Å². The van der Waals surface area contributed by atoms with Crippen LogP contribution in [0.25, 0.3) is 0 Å². The van der Waals surface area contributed by atoms with Gasteiger partial charge in [0.1, 0.15) is 0 Å². The fraction of sp³-hybridized carbons (Fsp3) is 0.0833. The van der Waals surface area contributed by atoms with E-state index in [1.165, 1.54) is 24.3 Å². The molecule has 7 nitrogen and oxygen atoms in total. The summed E-state index contributed by atoms with van der Waals surface area (Å²) in [6.45, 7) is 0.216. The molecule has 1 amide bonds. The molecule has 0 aliphatic heterocycles. The first kappa shape index (κ1) is 15.4. The van der Waals surface area contributed by atoms with E-state index in [1.807, 2.05) is 0 Å². The van der Waals surface area contributed by atoms with Crippen molar-refractivity contribution < 1.29 is 13.2 Å². The highest BCUT2D eigenvalue weighted by Gasteiger charge is 2.09. The molecule has 9 heteroatoms. The van der Waals surface area contributed by atoms with Gasteiger partial charge >= 0.3 is 0 Å². The Labute approximate surface area is 126 Å². The van der Waals surface area contributed by atoms with E-state index in [0.717, 1.165) is 5.56 Å². The Bertz CT molecular complexity index is 745. The molecule has 2 aromatic rings. The van der Waals surface area contributed by atoms with Crippen LogP contribution in [0.5, 0.6) is 0 Å². The maximum atomic E-state index is 11.8. The maximum Gasteiger partial charge on any atom is 0.272 e. The number of carbonyl (C=O) groups excluding carboxylic acids is 1. The van der Waals surface area contributed by atoms with Gasteiger partial charge in [-0.15, -0.1) is 10.2 Å². The fourth-order valence-electron chi connectivity index (χ4n) is 1.51. The second-order valence-electron chi connectivity index (χ2n) is 4.11. The van der Waals surface area contributed by atoms with E-state index in [9.17, 15) is 13.2 Å². The van der Waals surface area contributed by atoms with E-state index in [-0.39, 0.29) is 22.3 Å². The molecule has 3 N–H and O–H groups in total. The van der Waals surface area contributed by atoms with Gasteiger partial charge in [0.15, 0.2) is 10.8 Å². The number of primary sulfonamides is 1. The smallest absolute Gasteiger partial charge is 0.272 e. The van der Waals surface area contributed by atoms with Gasteiger partial charge in [0, 0.05) is 6.54 Å². The van der Waals surface area contributed by atoms with Crippen LogP contribution in [-0.2, 0) is 16.6 Å². The number of hydrogen-bond donors (Lipinski definition) is 2. The molecule has 0 unspecified atom stereocenters. The third-order valence-electron chi connectivity index (χ3n) is 2.57. The third kappa shape index (κ3) is 4.22.